The van der Waals surface area contributed by atoms with Gasteiger partial charge in [0.2, 0.25) is 5.91 Å². The molecule has 7 nitrogen and oxygen atoms in total. The number of hydrogen-bond donors (Lipinski definition) is 1. The van der Waals surface area contributed by atoms with Crippen molar-refractivity contribution in [2.24, 2.45) is 7.05 Å². The number of aryl methyl sites for hydroxylation is 2. The molecule has 3 aromatic rings. The van der Waals surface area contributed by atoms with Gasteiger partial charge < -0.3 is 14.5 Å². The van der Waals surface area contributed by atoms with Gasteiger partial charge in [0.15, 0.2) is 0 Å². The van der Waals surface area contributed by atoms with Crippen molar-refractivity contribution in [3.05, 3.63) is 60.2 Å². The lowest BCUT2D eigenvalue weighted by Crippen LogP contribution is -2.33. The molecule has 0 aliphatic rings. The fourth-order valence-electron chi connectivity index (χ4n) is 2.94. The molecule has 1 unspecified atom stereocenters. The first-order valence-electron chi connectivity index (χ1n) is 8.43. The monoisotopic (exact) mass is 352 g/mol. The van der Waals surface area contributed by atoms with Crippen LogP contribution in [0.15, 0.2) is 43.1 Å². The molecule has 0 bridgehead atoms. The van der Waals surface area contributed by atoms with Crippen LogP contribution in [-0.4, -0.2) is 44.0 Å². The summed E-state index contributed by atoms with van der Waals surface area (Å²) in [4.78, 5) is 23.1. The molecule has 0 radical (unpaired) electrons. The molecule has 1 amide bonds. The van der Waals surface area contributed by atoms with Crippen molar-refractivity contribution >= 4 is 11.6 Å². The van der Waals surface area contributed by atoms with Gasteiger partial charge in [-0.2, -0.15) is 0 Å². The Morgan fingerprint density at radius 3 is 2.35 bits per heavy atom. The van der Waals surface area contributed by atoms with Gasteiger partial charge in [-0.15, -0.1) is 0 Å². The first kappa shape index (κ1) is 17.9. The predicted octanol–water partition coefficient (Wildman–Crippen LogP) is 2.46. The predicted molar refractivity (Wildman–Crippen MR) is 101 cm³/mol. The average molecular weight is 352 g/mol. The number of carbonyl (C=O) groups is 1. The van der Waals surface area contributed by atoms with Gasteiger partial charge in [0.05, 0.1) is 30.2 Å². The van der Waals surface area contributed by atoms with Gasteiger partial charge in [0.25, 0.3) is 0 Å². The second kappa shape index (κ2) is 7.13. The second-order valence-electron chi connectivity index (χ2n) is 6.62. The van der Waals surface area contributed by atoms with E-state index in [0.29, 0.717) is 0 Å². The number of aromatic nitrogens is 4. The number of likely N-dealkylation sites (N-methyl/N-ethyl adjacent to an activating group) is 1. The van der Waals surface area contributed by atoms with Gasteiger partial charge in [-0.25, -0.2) is 9.97 Å². The quantitative estimate of drug-likeness (QED) is 0.766. The smallest absolute Gasteiger partial charge is 0.247 e. The summed E-state index contributed by atoms with van der Waals surface area (Å²) < 4.78 is 3.89. The summed E-state index contributed by atoms with van der Waals surface area (Å²) in [5.41, 5.74) is 4.71. The molecule has 3 rings (SSSR count). The third-order valence-corrected chi connectivity index (χ3v) is 4.56. The minimum absolute atomic E-state index is 0.0963. The summed E-state index contributed by atoms with van der Waals surface area (Å²) in [7, 11) is 5.64. The molecular formula is C19H24N6O. The van der Waals surface area contributed by atoms with Crippen LogP contribution in [0.25, 0.3) is 5.69 Å². The summed E-state index contributed by atoms with van der Waals surface area (Å²) >= 11 is 0. The van der Waals surface area contributed by atoms with Crippen LogP contribution >= 0.6 is 0 Å². The fourth-order valence-corrected chi connectivity index (χ4v) is 2.94. The molecule has 136 valence electrons. The van der Waals surface area contributed by atoms with Gasteiger partial charge >= 0.3 is 0 Å². The standard InChI is InChI=1S/C19H24N6O/c1-13-14(2)25(12-21-13)16-8-6-15(7-9-16)22-19(26)18(23(3)4)17-10-20-11-24(17)5/h6-12,18H,1-5H3,(H,22,26). The van der Waals surface area contributed by atoms with Gasteiger partial charge in [0, 0.05) is 24.1 Å². The van der Waals surface area contributed by atoms with Crippen molar-refractivity contribution in [1.82, 2.24) is 24.0 Å². The van der Waals surface area contributed by atoms with E-state index in [-0.39, 0.29) is 5.91 Å². The SMILES string of the molecule is Cc1ncn(-c2ccc(NC(=O)C(c3cncn3C)N(C)C)cc2)c1C. The Balaban J connectivity index is 1.79. The second-order valence-corrected chi connectivity index (χ2v) is 6.62. The highest BCUT2D eigenvalue weighted by Crippen LogP contribution is 2.21. The van der Waals surface area contributed by atoms with E-state index in [2.05, 4.69) is 15.3 Å². The maximum absolute atomic E-state index is 12.8. The molecular weight excluding hydrogens is 328 g/mol. The van der Waals surface area contributed by atoms with E-state index in [1.165, 1.54) is 0 Å². The molecule has 0 aliphatic heterocycles. The highest BCUT2D eigenvalue weighted by Gasteiger charge is 2.25. The Kier molecular flexibility index (Phi) is 4.90. The van der Waals surface area contributed by atoms with E-state index in [0.717, 1.165) is 28.5 Å². The fraction of sp³-hybridized carbons (Fsp3) is 0.316. The summed E-state index contributed by atoms with van der Waals surface area (Å²) in [6.45, 7) is 4.02. The normalized spacial score (nSPS) is 12.4. The molecule has 1 aromatic carbocycles. The minimum atomic E-state index is -0.416. The number of nitrogens with zero attached hydrogens (tertiary/aromatic N) is 5. The average Bonchev–Trinajstić information content (AvgIpc) is 3.15. The van der Waals surface area contributed by atoms with Crippen LogP contribution in [0.3, 0.4) is 0 Å². The van der Waals surface area contributed by atoms with Crippen molar-refractivity contribution in [2.75, 3.05) is 19.4 Å². The molecule has 26 heavy (non-hydrogen) atoms. The molecule has 0 saturated carbocycles. The zero-order valence-corrected chi connectivity index (χ0v) is 15.8. The number of imidazole rings is 2. The Morgan fingerprint density at radius 2 is 1.85 bits per heavy atom. The molecule has 1 atom stereocenters. The number of rotatable bonds is 5. The van der Waals surface area contributed by atoms with Gasteiger partial charge in [-0.3, -0.25) is 9.69 Å². The minimum Gasteiger partial charge on any atom is -0.336 e. The van der Waals surface area contributed by atoms with Crippen LogP contribution in [0.5, 0.6) is 0 Å². The van der Waals surface area contributed by atoms with E-state index in [9.17, 15) is 4.79 Å². The molecule has 0 aliphatic carbocycles. The number of nitrogens with one attached hydrogen (secondary N) is 1. The van der Waals surface area contributed by atoms with Crippen LogP contribution in [-0.2, 0) is 11.8 Å². The zero-order chi connectivity index (χ0) is 18.8. The third kappa shape index (κ3) is 3.39. The van der Waals surface area contributed by atoms with Crippen LogP contribution in [0, 0.1) is 13.8 Å². The maximum atomic E-state index is 12.8. The molecule has 0 fully saturated rings. The van der Waals surface area contributed by atoms with E-state index in [1.54, 1.807) is 12.5 Å². The highest BCUT2D eigenvalue weighted by atomic mass is 16.2. The van der Waals surface area contributed by atoms with E-state index < -0.39 is 6.04 Å². The Morgan fingerprint density at radius 1 is 1.15 bits per heavy atom. The molecule has 2 aromatic heterocycles. The van der Waals surface area contributed by atoms with Crippen molar-refractivity contribution in [3.8, 4) is 5.69 Å². The van der Waals surface area contributed by atoms with Crippen molar-refractivity contribution in [2.45, 2.75) is 19.9 Å². The van der Waals surface area contributed by atoms with Gasteiger partial charge in [-0.05, 0) is 52.2 Å². The van der Waals surface area contributed by atoms with E-state index in [4.69, 9.17) is 0 Å². The first-order chi connectivity index (χ1) is 12.4. The first-order valence-corrected chi connectivity index (χ1v) is 8.43. The summed E-state index contributed by atoms with van der Waals surface area (Å²) in [6.07, 6.45) is 5.23. The lowest BCUT2D eigenvalue weighted by molar-refractivity contribution is -0.120. The van der Waals surface area contributed by atoms with Crippen molar-refractivity contribution in [3.63, 3.8) is 0 Å². The third-order valence-electron chi connectivity index (χ3n) is 4.56. The Hall–Kier alpha value is -2.93. The summed E-state index contributed by atoms with van der Waals surface area (Å²) in [5, 5.41) is 2.99. The van der Waals surface area contributed by atoms with Crippen LogP contribution in [0.2, 0.25) is 0 Å². The molecule has 0 saturated heterocycles. The van der Waals surface area contributed by atoms with Crippen molar-refractivity contribution in [1.29, 1.82) is 0 Å². The highest BCUT2D eigenvalue weighted by molar-refractivity contribution is 5.95. The largest absolute Gasteiger partial charge is 0.336 e. The molecule has 2 heterocycles. The maximum Gasteiger partial charge on any atom is 0.247 e. The number of carbonyl (C=O) groups excluding carboxylic acids is 1. The lowest BCUT2D eigenvalue weighted by atomic mass is 10.1. The molecule has 0 spiro atoms. The van der Waals surface area contributed by atoms with Crippen LogP contribution in [0.4, 0.5) is 5.69 Å². The number of benzene rings is 1. The molecule has 7 heteroatoms. The van der Waals surface area contributed by atoms with E-state index >= 15 is 0 Å². The Labute approximate surface area is 153 Å². The van der Waals surface area contributed by atoms with E-state index in [1.807, 2.05) is 79.6 Å². The number of hydrogen-bond acceptors (Lipinski definition) is 4. The summed E-state index contributed by atoms with van der Waals surface area (Å²) in [6, 6.07) is 7.33. The number of amides is 1. The zero-order valence-electron chi connectivity index (χ0n) is 15.8. The van der Waals surface area contributed by atoms with Gasteiger partial charge in [0.1, 0.15) is 6.04 Å². The van der Waals surface area contributed by atoms with Crippen LogP contribution in [0.1, 0.15) is 23.1 Å². The molecule has 1 N–H and O–H groups in total. The van der Waals surface area contributed by atoms with Gasteiger partial charge in [-0.1, -0.05) is 0 Å². The number of anilines is 1. The van der Waals surface area contributed by atoms with Crippen molar-refractivity contribution < 1.29 is 4.79 Å². The van der Waals surface area contributed by atoms with Crippen LogP contribution < -0.4 is 5.32 Å². The summed E-state index contributed by atoms with van der Waals surface area (Å²) in [5.74, 6) is -0.0963. The Bertz CT molecular complexity index is 907. The lowest BCUT2D eigenvalue weighted by Gasteiger charge is -2.23. The topological polar surface area (TPSA) is 68.0 Å².